The smallest absolute Gasteiger partial charge is 0.123 e. The Morgan fingerprint density at radius 3 is 1.72 bits per heavy atom. The first-order valence-corrected chi connectivity index (χ1v) is 6.22. The predicted molar refractivity (Wildman–Crippen MR) is 80.5 cm³/mol. The summed E-state index contributed by atoms with van der Waals surface area (Å²) in [4.78, 5) is 6.20. The molecule has 0 radical (unpaired) electrons. The number of nitrogens with zero attached hydrogens (tertiary/aromatic N) is 3. The van der Waals surface area contributed by atoms with Crippen molar-refractivity contribution in [1.82, 2.24) is 0 Å². The van der Waals surface area contributed by atoms with E-state index in [-0.39, 0.29) is 0 Å². The SMILES string of the molecule is CCc1c(O)cc(N(C)C)c(N(C)C)c1N(C)C. The fourth-order valence-electron chi connectivity index (χ4n) is 2.28. The van der Waals surface area contributed by atoms with E-state index in [1.165, 1.54) is 0 Å². The summed E-state index contributed by atoms with van der Waals surface area (Å²) in [6.45, 7) is 2.07. The molecule has 0 amide bonds. The Morgan fingerprint density at radius 1 is 0.889 bits per heavy atom. The van der Waals surface area contributed by atoms with Gasteiger partial charge in [-0.2, -0.15) is 0 Å². The van der Waals surface area contributed by atoms with Crippen molar-refractivity contribution in [2.75, 3.05) is 57.0 Å². The van der Waals surface area contributed by atoms with Gasteiger partial charge in [0.25, 0.3) is 0 Å². The zero-order valence-electron chi connectivity index (χ0n) is 12.6. The van der Waals surface area contributed by atoms with Gasteiger partial charge < -0.3 is 19.8 Å². The molecule has 1 rings (SSSR count). The molecule has 0 bridgehead atoms. The summed E-state index contributed by atoms with van der Waals surface area (Å²) in [5, 5.41) is 10.2. The lowest BCUT2D eigenvalue weighted by Gasteiger charge is -2.30. The second-order valence-electron chi connectivity index (χ2n) is 5.13. The van der Waals surface area contributed by atoms with E-state index in [4.69, 9.17) is 0 Å². The molecule has 102 valence electrons. The van der Waals surface area contributed by atoms with Gasteiger partial charge in [0, 0.05) is 53.9 Å². The fourth-order valence-corrected chi connectivity index (χ4v) is 2.28. The molecule has 4 heteroatoms. The van der Waals surface area contributed by atoms with Crippen LogP contribution in [-0.4, -0.2) is 47.4 Å². The van der Waals surface area contributed by atoms with Crippen molar-refractivity contribution in [3.8, 4) is 5.75 Å². The zero-order valence-corrected chi connectivity index (χ0v) is 12.6. The second kappa shape index (κ2) is 5.38. The first-order chi connectivity index (χ1) is 8.31. The predicted octanol–water partition coefficient (Wildman–Crippen LogP) is 2.15. The molecule has 0 aliphatic carbocycles. The number of rotatable bonds is 4. The molecule has 0 aliphatic heterocycles. The van der Waals surface area contributed by atoms with Gasteiger partial charge >= 0.3 is 0 Å². The van der Waals surface area contributed by atoms with Gasteiger partial charge in [-0.25, -0.2) is 0 Å². The maximum atomic E-state index is 10.2. The van der Waals surface area contributed by atoms with Crippen LogP contribution in [0.5, 0.6) is 5.75 Å². The summed E-state index contributed by atoms with van der Waals surface area (Å²) >= 11 is 0. The van der Waals surface area contributed by atoms with Gasteiger partial charge in [0.1, 0.15) is 5.75 Å². The third kappa shape index (κ3) is 2.47. The minimum absolute atomic E-state index is 0.371. The van der Waals surface area contributed by atoms with E-state index < -0.39 is 0 Å². The van der Waals surface area contributed by atoms with Crippen LogP contribution in [0.1, 0.15) is 12.5 Å². The topological polar surface area (TPSA) is 30.0 Å². The lowest BCUT2D eigenvalue weighted by atomic mass is 10.0. The Labute approximate surface area is 110 Å². The van der Waals surface area contributed by atoms with Crippen LogP contribution in [0.15, 0.2) is 6.07 Å². The van der Waals surface area contributed by atoms with E-state index in [1.54, 1.807) is 0 Å². The van der Waals surface area contributed by atoms with E-state index in [1.807, 2.05) is 53.3 Å². The molecule has 0 saturated carbocycles. The third-order valence-corrected chi connectivity index (χ3v) is 3.07. The summed E-state index contributed by atoms with van der Waals surface area (Å²) in [6.07, 6.45) is 0.813. The molecule has 1 N–H and O–H groups in total. The zero-order chi connectivity index (χ0) is 14.0. The van der Waals surface area contributed by atoms with Crippen molar-refractivity contribution in [2.45, 2.75) is 13.3 Å². The van der Waals surface area contributed by atoms with E-state index in [2.05, 4.69) is 16.7 Å². The van der Waals surface area contributed by atoms with Crippen molar-refractivity contribution in [1.29, 1.82) is 0 Å². The van der Waals surface area contributed by atoms with E-state index in [0.29, 0.717) is 5.75 Å². The van der Waals surface area contributed by atoms with Crippen LogP contribution in [-0.2, 0) is 6.42 Å². The molecule has 0 heterocycles. The third-order valence-electron chi connectivity index (χ3n) is 3.07. The Kier molecular flexibility index (Phi) is 4.33. The molecule has 0 aromatic heterocycles. The highest BCUT2D eigenvalue weighted by atomic mass is 16.3. The molecule has 0 aliphatic rings. The van der Waals surface area contributed by atoms with Crippen molar-refractivity contribution in [2.24, 2.45) is 0 Å². The first-order valence-electron chi connectivity index (χ1n) is 6.22. The Morgan fingerprint density at radius 2 is 1.39 bits per heavy atom. The molecular formula is C14H25N3O. The minimum atomic E-state index is 0.371. The van der Waals surface area contributed by atoms with E-state index in [0.717, 1.165) is 29.0 Å². The van der Waals surface area contributed by atoms with Gasteiger partial charge in [-0.05, 0) is 6.42 Å². The van der Waals surface area contributed by atoms with Gasteiger partial charge in [0.15, 0.2) is 0 Å². The highest BCUT2D eigenvalue weighted by Crippen LogP contribution is 2.44. The van der Waals surface area contributed by atoms with Gasteiger partial charge in [-0.15, -0.1) is 0 Å². The van der Waals surface area contributed by atoms with Crippen molar-refractivity contribution in [3.05, 3.63) is 11.6 Å². The summed E-state index contributed by atoms with van der Waals surface area (Å²) < 4.78 is 0. The summed E-state index contributed by atoms with van der Waals surface area (Å²) in [5.74, 6) is 0.371. The molecule has 0 unspecified atom stereocenters. The second-order valence-corrected chi connectivity index (χ2v) is 5.13. The Hall–Kier alpha value is -1.58. The van der Waals surface area contributed by atoms with Crippen LogP contribution in [0.3, 0.4) is 0 Å². The van der Waals surface area contributed by atoms with Gasteiger partial charge in [-0.1, -0.05) is 6.92 Å². The average molecular weight is 251 g/mol. The van der Waals surface area contributed by atoms with Gasteiger partial charge in [0.2, 0.25) is 0 Å². The van der Waals surface area contributed by atoms with Crippen LogP contribution in [0.25, 0.3) is 0 Å². The number of phenols is 1. The van der Waals surface area contributed by atoms with Crippen molar-refractivity contribution in [3.63, 3.8) is 0 Å². The van der Waals surface area contributed by atoms with Gasteiger partial charge in [-0.3, -0.25) is 0 Å². The molecule has 0 fully saturated rings. The molecule has 1 aromatic carbocycles. The summed E-state index contributed by atoms with van der Waals surface area (Å²) in [6, 6.07) is 1.85. The Balaban J connectivity index is 3.69. The standard InChI is InChI=1S/C14H25N3O/c1-8-10-12(18)9-11(15(2)3)14(17(6)7)13(10)16(4)5/h9,18H,8H2,1-7H3. The highest BCUT2D eigenvalue weighted by molar-refractivity contribution is 5.88. The maximum Gasteiger partial charge on any atom is 0.123 e. The number of hydrogen-bond acceptors (Lipinski definition) is 4. The number of aromatic hydroxyl groups is 1. The molecule has 1 aromatic rings. The highest BCUT2D eigenvalue weighted by Gasteiger charge is 2.20. The molecule has 0 atom stereocenters. The number of phenolic OH excluding ortho intramolecular Hbond substituents is 1. The normalized spacial score (nSPS) is 10.4. The number of hydrogen-bond donors (Lipinski definition) is 1. The molecule has 18 heavy (non-hydrogen) atoms. The van der Waals surface area contributed by atoms with Crippen LogP contribution < -0.4 is 14.7 Å². The van der Waals surface area contributed by atoms with Crippen LogP contribution in [0.2, 0.25) is 0 Å². The molecule has 4 nitrogen and oxygen atoms in total. The maximum absolute atomic E-state index is 10.2. The van der Waals surface area contributed by atoms with Crippen LogP contribution in [0.4, 0.5) is 17.1 Å². The van der Waals surface area contributed by atoms with Crippen molar-refractivity contribution < 1.29 is 5.11 Å². The first kappa shape index (κ1) is 14.5. The lowest BCUT2D eigenvalue weighted by Crippen LogP contribution is -2.22. The minimum Gasteiger partial charge on any atom is -0.508 e. The van der Waals surface area contributed by atoms with Gasteiger partial charge in [0.05, 0.1) is 17.1 Å². The lowest BCUT2D eigenvalue weighted by molar-refractivity contribution is 0.469. The van der Waals surface area contributed by atoms with E-state index in [9.17, 15) is 5.11 Å². The fraction of sp³-hybridized carbons (Fsp3) is 0.571. The number of anilines is 3. The average Bonchev–Trinajstić information content (AvgIpc) is 2.26. The quantitative estimate of drug-likeness (QED) is 0.888. The van der Waals surface area contributed by atoms with Crippen LogP contribution in [0, 0.1) is 0 Å². The molecular weight excluding hydrogens is 226 g/mol. The number of benzene rings is 1. The van der Waals surface area contributed by atoms with E-state index >= 15 is 0 Å². The largest absolute Gasteiger partial charge is 0.508 e. The summed E-state index contributed by atoms with van der Waals surface area (Å²) in [5.41, 5.74) is 4.25. The molecule has 0 saturated heterocycles. The summed E-state index contributed by atoms with van der Waals surface area (Å²) in [7, 11) is 12.1. The molecule has 0 spiro atoms. The Bertz CT molecular complexity index is 426. The van der Waals surface area contributed by atoms with Crippen LogP contribution >= 0.6 is 0 Å². The van der Waals surface area contributed by atoms with Crippen molar-refractivity contribution >= 4 is 17.1 Å². The monoisotopic (exact) mass is 251 g/mol.